The van der Waals surface area contributed by atoms with E-state index < -0.39 is 0 Å². The quantitative estimate of drug-likeness (QED) is 0.133. The molecule has 0 spiro atoms. The first-order valence-electron chi connectivity index (χ1n) is 10.2. The number of hydrogen-bond donors (Lipinski definition) is 0. The van der Waals surface area contributed by atoms with Crippen molar-refractivity contribution in [3.05, 3.63) is 60.4 Å². The van der Waals surface area contributed by atoms with Crippen molar-refractivity contribution < 1.29 is 13.9 Å². The van der Waals surface area contributed by atoms with Gasteiger partial charge in [0.25, 0.3) is 0 Å². The van der Waals surface area contributed by atoms with Crippen LogP contribution in [0.3, 0.4) is 0 Å². The van der Waals surface area contributed by atoms with E-state index in [-0.39, 0.29) is 18.2 Å². The van der Waals surface area contributed by atoms with Crippen LogP contribution in [-0.4, -0.2) is 37.9 Å². The van der Waals surface area contributed by atoms with Crippen molar-refractivity contribution in [2.75, 3.05) is 27.2 Å². The molecule has 0 radical (unpaired) electrons. The maximum atomic E-state index is 13.5. The van der Waals surface area contributed by atoms with Crippen molar-refractivity contribution in [2.24, 2.45) is 0 Å². The summed E-state index contributed by atoms with van der Waals surface area (Å²) >= 11 is 4.52. The lowest BCUT2D eigenvalue weighted by molar-refractivity contribution is 0.103. The molecule has 0 saturated carbocycles. The molecular formula is C24H28ClI2NO3. The van der Waals surface area contributed by atoms with Crippen molar-refractivity contribution in [3.63, 3.8) is 0 Å². The Bertz CT molecular complexity index is 1010. The Kier molecular flexibility index (Phi) is 10.6. The highest BCUT2D eigenvalue weighted by molar-refractivity contribution is 14.1. The van der Waals surface area contributed by atoms with Gasteiger partial charge in [0, 0.05) is 23.9 Å². The summed E-state index contributed by atoms with van der Waals surface area (Å²) in [6, 6.07) is 11.7. The minimum atomic E-state index is 0. The van der Waals surface area contributed by atoms with E-state index in [1.54, 1.807) is 0 Å². The number of ether oxygens (including phenoxy) is 1. The number of ketones is 1. The Hall–Kier alpha value is -0.840. The highest BCUT2D eigenvalue weighted by Crippen LogP contribution is 2.33. The van der Waals surface area contributed by atoms with E-state index in [4.69, 9.17) is 9.15 Å². The third kappa shape index (κ3) is 6.58. The van der Waals surface area contributed by atoms with Gasteiger partial charge in [-0.3, -0.25) is 4.79 Å². The second kappa shape index (κ2) is 12.4. The molecule has 0 fully saturated rings. The maximum absolute atomic E-state index is 13.5. The summed E-state index contributed by atoms with van der Waals surface area (Å²) in [6.45, 7) is 3.79. The maximum Gasteiger partial charge on any atom is 0.197 e. The van der Waals surface area contributed by atoms with Crippen LogP contribution in [0.2, 0.25) is 0 Å². The number of benzene rings is 2. The number of para-hydroxylation sites is 1. The van der Waals surface area contributed by atoms with Crippen LogP contribution in [-0.2, 0) is 6.42 Å². The van der Waals surface area contributed by atoms with Gasteiger partial charge in [0.15, 0.2) is 5.78 Å². The molecule has 2 aromatic carbocycles. The number of fused-ring (bicyclic) bond motifs is 1. The van der Waals surface area contributed by atoms with Gasteiger partial charge in [-0.1, -0.05) is 31.5 Å². The van der Waals surface area contributed by atoms with Crippen molar-refractivity contribution >= 4 is 74.3 Å². The fraction of sp³-hybridized carbons (Fsp3) is 0.375. The van der Waals surface area contributed by atoms with Gasteiger partial charge in [0.1, 0.15) is 17.1 Å². The van der Waals surface area contributed by atoms with Crippen LogP contribution in [0.15, 0.2) is 40.8 Å². The zero-order valence-corrected chi connectivity index (χ0v) is 23.2. The monoisotopic (exact) mass is 667 g/mol. The summed E-state index contributed by atoms with van der Waals surface area (Å²) in [5.74, 6) is 1.66. The minimum Gasteiger partial charge on any atom is -0.491 e. The zero-order valence-electron chi connectivity index (χ0n) is 18.0. The lowest BCUT2D eigenvalue weighted by Gasteiger charge is -2.14. The molecule has 0 unspecified atom stereocenters. The van der Waals surface area contributed by atoms with Gasteiger partial charge in [0.2, 0.25) is 0 Å². The first-order chi connectivity index (χ1) is 14.4. The predicted molar refractivity (Wildman–Crippen MR) is 146 cm³/mol. The summed E-state index contributed by atoms with van der Waals surface area (Å²) < 4.78 is 14.0. The van der Waals surface area contributed by atoms with Gasteiger partial charge in [-0.25, -0.2) is 0 Å². The molecule has 7 heteroatoms. The fourth-order valence-electron chi connectivity index (χ4n) is 3.39. The van der Waals surface area contributed by atoms with E-state index in [1.165, 1.54) is 0 Å². The molecule has 3 rings (SSSR count). The van der Waals surface area contributed by atoms with Crippen LogP contribution in [0.5, 0.6) is 5.75 Å². The molecule has 168 valence electrons. The summed E-state index contributed by atoms with van der Waals surface area (Å²) in [5.41, 5.74) is 2.15. The number of aryl methyl sites for hydroxylation is 1. The molecule has 1 aromatic heterocycles. The average molecular weight is 668 g/mol. The largest absolute Gasteiger partial charge is 0.491 e. The summed E-state index contributed by atoms with van der Waals surface area (Å²) in [6.07, 6.45) is 3.78. The predicted octanol–water partition coefficient (Wildman–Crippen LogP) is 6.97. The Labute approximate surface area is 217 Å². The first kappa shape index (κ1) is 26.4. The molecule has 4 nitrogen and oxygen atoms in total. The Morgan fingerprint density at radius 3 is 2.42 bits per heavy atom. The van der Waals surface area contributed by atoms with E-state index in [2.05, 4.69) is 71.1 Å². The molecule has 0 saturated heterocycles. The average Bonchev–Trinajstić information content (AvgIpc) is 3.08. The number of carbonyl (C=O) groups is 1. The molecule has 31 heavy (non-hydrogen) atoms. The third-order valence-corrected chi connectivity index (χ3v) is 6.51. The van der Waals surface area contributed by atoms with Crippen LogP contribution in [0.4, 0.5) is 0 Å². The van der Waals surface area contributed by atoms with Crippen LogP contribution in [0.25, 0.3) is 11.0 Å². The van der Waals surface area contributed by atoms with E-state index in [9.17, 15) is 4.79 Å². The second-order valence-corrected chi connectivity index (χ2v) is 9.93. The Morgan fingerprint density at radius 2 is 1.77 bits per heavy atom. The normalized spacial score (nSPS) is 11.0. The molecule has 0 atom stereocenters. The van der Waals surface area contributed by atoms with Crippen molar-refractivity contribution in [1.82, 2.24) is 4.90 Å². The fourth-order valence-corrected chi connectivity index (χ4v) is 5.47. The van der Waals surface area contributed by atoms with Crippen LogP contribution in [0, 0.1) is 7.14 Å². The molecule has 0 aliphatic carbocycles. The van der Waals surface area contributed by atoms with Gasteiger partial charge in [0.05, 0.1) is 19.3 Å². The van der Waals surface area contributed by atoms with Crippen molar-refractivity contribution in [1.29, 1.82) is 0 Å². The highest BCUT2D eigenvalue weighted by atomic mass is 127. The number of hydrogen-bond acceptors (Lipinski definition) is 4. The van der Waals surface area contributed by atoms with Crippen LogP contribution >= 0.6 is 57.6 Å². The Balaban J connectivity index is 0.00000341. The third-order valence-electron chi connectivity index (χ3n) is 4.91. The summed E-state index contributed by atoms with van der Waals surface area (Å²) in [4.78, 5) is 15.7. The number of nitrogens with zero attached hydrogens (tertiary/aromatic N) is 1. The van der Waals surface area contributed by atoms with Crippen LogP contribution in [0.1, 0.15) is 47.9 Å². The van der Waals surface area contributed by atoms with Gasteiger partial charge >= 0.3 is 0 Å². The zero-order chi connectivity index (χ0) is 21.7. The number of carbonyl (C=O) groups excluding carboxylic acids is 1. The lowest BCUT2D eigenvalue weighted by atomic mass is 9.98. The second-order valence-electron chi connectivity index (χ2n) is 7.60. The summed E-state index contributed by atoms with van der Waals surface area (Å²) in [5, 5.41) is 0.891. The standard InChI is InChI=1S/C24H27I2NO3.ClH/c1-4-5-10-21-22(17-9-6-7-11-20(17)30-21)23(28)16-14-18(25)24(19(26)15-16)29-13-8-12-27(2)3;/h6-7,9,11,14-15H,4-5,8,10,12-13H2,1-3H3;1H. The molecule has 0 amide bonds. The molecule has 0 aliphatic heterocycles. The van der Waals surface area contributed by atoms with Crippen molar-refractivity contribution in [3.8, 4) is 5.75 Å². The van der Waals surface area contributed by atoms with Crippen LogP contribution < -0.4 is 4.74 Å². The van der Waals surface area contributed by atoms with E-state index in [1.807, 2.05) is 36.4 Å². The molecule has 1 heterocycles. The van der Waals surface area contributed by atoms with Crippen molar-refractivity contribution in [2.45, 2.75) is 32.6 Å². The lowest BCUT2D eigenvalue weighted by Crippen LogP contribution is -2.16. The number of halogens is 3. The smallest absolute Gasteiger partial charge is 0.197 e. The minimum absolute atomic E-state index is 0. The molecule has 0 bridgehead atoms. The first-order valence-corrected chi connectivity index (χ1v) is 12.4. The van der Waals surface area contributed by atoms with Gasteiger partial charge in [-0.15, -0.1) is 12.4 Å². The molecule has 0 N–H and O–H groups in total. The summed E-state index contributed by atoms with van der Waals surface area (Å²) in [7, 11) is 4.12. The number of unbranched alkanes of at least 4 members (excludes halogenated alkanes) is 1. The van der Waals surface area contributed by atoms with E-state index in [0.717, 1.165) is 61.8 Å². The highest BCUT2D eigenvalue weighted by Gasteiger charge is 2.23. The van der Waals surface area contributed by atoms with Gasteiger partial charge < -0.3 is 14.1 Å². The SMILES string of the molecule is CCCCc1oc2ccccc2c1C(=O)c1cc(I)c(OCCCN(C)C)c(I)c1.Cl. The number of furan rings is 1. The molecule has 0 aliphatic rings. The number of rotatable bonds is 10. The Morgan fingerprint density at radius 1 is 1.10 bits per heavy atom. The molecular weight excluding hydrogens is 640 g/mol. The van der Waals surface area contributed by atoms with E-state index >= 15 is 0 Å². The topological polar surface area (TPSA) is 42.7 Å². The van der Waals surface area contributed by atoms with Gasteiger partial charge in [-0.2, -0.15) is 0 Å². The molecule has 3 aromatic rings. The van der Waals surface area contributed by atoms with Gasteiger partial charge in [-0.05, 0) is 90.3 Å². The van der Waals surface area contributed by atoms with E-state index in [0.29, 0.717) is 17.7 Å².